The number of carbonyl (C=O) groups is 2. The fourth-order valence-corrected chi connectivity index (χ4v) is 7.10. The molecule has 8 nitrogen and oxygen atoms in total. The van der Waals surface area contributed by atoms with Crippen molar-refractivity contribution in [2.45, 2.75) is 57.8 Å². The first-order chi connectivity index (χ1) is 16.6. The van der Waals surface area contributed by atoms with Crippen LogP contribution in [0.1, 0.15) is 59.4 Å². The second-order valence-corrected chi connectivity index (χ2v) is 11.9. The van der Waals surface area contributed by atoms with E-state index in [-0.39, 0.29) is 41.3 Å². The van der Waals surface area contributed by atoms with Gasteiger partial charge in [0.25, 0.3) is 5.91 Å². The number of likely N-dealkylation sites (tertiary alicyclic amines) is 1. The molecule has 0 unspecified atom stereocenters. The molecule has 2 aromatic rings. The Morgan fingerprint density at radius 2 is 1.66 bits per heavy atom. The van der Waals surface area contributed by atoms with Crippen LogP contribution in [0, 0.1) is 26.7 Å². The third-order valence-electron chi connectivity index (χ3n) is 7.05. The van der Waals surface area contributed by atoms with Crippen LogP contribution in [0.15, 0.2) is 23.1 Å². The molecule has 0 atom stereocenters. The maximum Gasteiger partial charge on any atom is 0.257 e. The van der Waals surface area contributed by atoms with E-state index in [9.17, 15) is 18.0 Å². The number of amides is 2. The van der Waals surface area contributed by atoms with Gasteiger partial charge in [0, 0.05) is 54.2 Å². The largest absolute Gasteiger partial charge is 0.361 e. The summed E-state index contributed by atoms with van der Waals surface area (Å²) in [4.78, 5) is 31.1. The minimum absolute atomic E-state index is 0.0722. The quantitative estimate of drug-likeness (QED) is 0.614. The second-order valence-electron chi connectivity index (χ2n) is 9.56. The number of aromatic amines is 1. The number of anilines is 1. The summed E-state index contributed by atoms with van der Waals surface area (Å²) in [5.41, 5.74) is 2.87. The highest BCUT2D eigenvalue weighted by molar-refractivity contribution is 7.89. The van der Waals surface area contributed by atoms with E-state index in [0.29, 0.717) is 48.0 Å². The third kappa shape index (κ3) is 5.27. The molecular formula is C25H33ClN4O4S. The van der Waals surface area contributed by atoms with Crippen LogP contribution in [0.25, 0.3) is 0 Å². The molecule has 2 amide bonds. The highest BCUT2D eigenvalue weighted by Crippen LogP contribution is 2.32. The maximum absolute atomic E-state index is 13.7. The van der Waals surface area contributed by atoms with Crippen molar-refractivity contribution in [3.8, 4) is 0 Å². The fraction of sp³-hybridized carbons (Fsp3) is 0.520. The summed E-state index contributed by atoms with van der Waals surface area (Å²) in [5, 5.41) is 3.47. The number of carbonyl (C=O) groups excluding carboxylic acids is 2. The number of nitrogens with zero attached hydrogens (tertiary/aromatic N) is 2. The van der Waals surface area contributed by atoms with E-state index in [1.165, 1.54) is 4.31 Å². The van der Waals surface area contributed by atoms with Gasteiger partial charge in [0.2, 0.25) is 15.9 Å². The van der Waals surface area contributed by atoms with Crippen LogP contribution in [0.2, 0.25) is 5.02 Å². The topological polar surface area (TPSA) is 103 Å². The molecule has 0 radical (unpaired) electrons. The molecule has 1 aromatic carbocycles. The molecule has 35 heavy (non-hydrogen) atoms. The number of hydrogen-bond acceptors (Lipinski definition) is 4. The van der Waals surface area contributed by atoms with E-state index >= 15 is 0 Å². The molecule has 1 aromatic heterocycles. The van der Waals surface area contributed by atoms with Crippen molar-refractivity contribution in [3.05, 3.63) is 45.7 Å². The smallest absolute Gasteiger partial charge is 0.257 e. The van der Waals surface area contributed by atoms with Crippen LogP contribution in [-0.2, 0) is 14.8 Å². The van der Waals surface area contributed by atoms with Crippen molar-refractivity contribution in [2.24, 2.45) is 5.92 Å². The molecule has 0 bridgehead atoms. The zero-order valence-electron chi connectivity index (χ0n) is 20.5. The number of aryl methyl sites for hydroxylation is 3. The van der Waals surface area contributed by atoms with Crippen LogP contribution < -0.4 is 5.32 Å². The van der Waals surface area contributed by atoms with Crippen molar-refractivity contribution < 1.29 is 18.0 Å². The number of sulfonamides is 1. The van der Waals surface area contributed by atoms with E-state index in [2.05, 4.69) is 10.3 Å². The average Bonchev–Trinajstić information content (AvgIpc) is 3.15. The van der Waals surface area contributed by atoms with Crippen molar-refractivity contribution in [1.82, 2.24) is 14.2 Å². The maximum atomic E-state index is 13.7. The Balaban J connectivity index is 1.49. The lowest BCUT2D eigenvalue weighted by atomic mass is 9.97. The highest BCUT2D eigenvalue weighted by Gasteiger charge is 2.38. The monoisotopic (exact) mass is 520 g/mol. The number of halogens is 1. The first-order valence-electron chi connectivity index (χ1n) is 12.1. The number of aromatic nitrogens is 1. The summed E-state index contributed by atoms with van der Waals surface area (Å²) < 4.78 is 28.8. The summed E-state index contributed by atoms with van der Waals surface area (Å²) in [7, 11) is -3.90. The van der Waals surface area contributed by atoms with E-state index < -0.39 is 10.0 Å². The highest BCUT2D eigenvalue weighted by atomic mass is 35.5. The zero-order valence-corrected chi connectivity index (χ0v) is 22.1. The molecule has 2 saturated heterocycles. The van der Waals surface area contributed by atoms with Gasteiger partial charge < -0.3 is 15.2 Å². The van der Waals surface area contributed by atoms with E-state index in [0.717, 1.165) is 24.8 Å². The number of nitrogens with one attached hydrogen (secondary N) is 2. The lowest BCUT2D eigenvalue weighted by Crippen LogP contribution is -2.42. The van der Waals surface area contributed by atoms with Crippen LogP contribution in [-0.4, -0.2) is 60.6 Å². The van der Waals surface area contributed by atoms with Gasteiger partial charge in [-0.3, -0.25) is 9.59 Å². The molecule has 10 heteroatoms. The lowest BCUT2D eigenvalue weighted by Gasteiger charge is -2.31. The molecular weight excluding hydrogens is 488 g/mol. The summed E-state index contributed by atoms with van der Waals surface area (Å²) in [6, 6.07) is 5.33. The molecule has 0 aliphatic carbocycles. The van der Waals surface area contributed by atoms with Gasteiger partial charge in [-0.2, -0.15) is 4.31 Å². The van der Waals surface area contributed by atoms with Gasteiger partial charge in [0.05, 0.1) is 5.56 Å². The summed E-state index contributed by atoms with van der Waals surface area (Å²) in [6.45, 7) is 7.07. The van der Waals surface area contributed by atoms with E-state index in [1.54, 1.807) is 30.9 Å². The molecule has 4 rings (SSSR count). The van der Waals surface area contributed by atoms with Crippen LogP contribution in [0.3, 0.4) is 0 Å². The van der Waals surface area contributed by atoms with Crippen LogP contribution in [0.5, 0.6) is 0 Å². The molecule has 2 aliphatic heterocycles. The standard InChI is InChI=1S/C25H33ClN4O4S/c1-16-7-8-20(26)15-21(16)28-24(31)19-9-13-30(14-10-19)35(33,34)23-18(3)27-17(2)22(23)25(32)29-11-5-4-6-12-29/h7-8,15,19,27H,4-6,9-14H2,1-3H3,(H,28,31). The average molecular weight is 521 g/mol. The van der Waals surface area contributed by atoms with Gasteiger partial charge in [-0.15, -0.1) is 0 Å². The minimum Gasteiger partial charge on any atom is -0.361 e. The minimum atomic E-state index is -3.90. The normalized spacial score (nSPS) is 18.0. The Labute approximate surface area is 212 Å². The Kier molecular flexibility index (Phi) is 7.59. The van der Waals surface area contributed by atoms with Crippen LogP contribution >= 0.6 is 11.6 Å². The molecule has 2 aliphatic rings. The first kappa shape index (κ1) is 25.7. The number of hydrogen-bond donors (Lipinski definition) is 2. The number of benzene rings is 1. The van der Waals surface area contributed by atoms with Gasteiger partial charge in [0.15, 0.2) is 0 Å². The third-order valence-corrected chi connectivity index (χ3v) is 9.36. The predicted molar refractivity (Wildman–Crippen MR) is 136 cm³/mol. The van der Waals surface area contributed by atoms with Gasteiger partial charge >= 0.3 is 0 Å². The molecule has 2 fully saturated rings. The van der Waals surface area contributed by atoms with Gasteiger partial charge in [0.1, 0.15) is 4.90 Å². The van der Waals surface area contributed by atoms with Crippen molar-refractivity contribution in [1.29, 1.82) is 0 Å². The Morgan fingerprint density at radius 1 is 1.00 bits per heavy atom. The van der Waals surface area contributed by atoms with Crippen LogP contribution in [0.4, 0.5) is 5.69 Å². The van der Waals surface area contributed by atoms with Crippen molar-refractivity contribution in [2.75, 3.05) is 31.5 Å². The predicted octanol–water partition coefficient (Wildman–Crippen LogP) is 4.26. The Morgan fingerprint density at radius 3 is 2.31 bits per heavy atom. The summed E-state index contributed by atoms with van der Waals surface area (Å²) in [6.07, 6.45) is 3.76. The van der Waals surface area contributed by atoms with Crippen molar-refractivity contribution >= 4 is 39.1 Å². The SMILES string of the molecule is Cc1ccc(Cl)cc1NC(=O)C1CCN(S(=O)(=O)c2c(C)[nH]c(C)c2C(=O)N2CCCCC2)CC1. The molecule has 3 heterocycles. The van der Waals surface area contributed by atoms with Crippen molar-refractivity contribution in [3.63, 3.8) is 0 Å². The van der Waals surface area contributed by atoms with Gasteiger partial charge in [-0.1, -0.05) is 17.7 Å². The molecule has 190 valence electrons. The van der Waals surface area contributed by atoms with Gasteiger partial charge in [-0.05, 0) is 70.6 Å². The second kappa shape index (κ2) is 10.3. The van der Waals surface area contributed by atoms with E-state index in [1.807, 2.05) is 13.0 Å². The fourth-order valence-electron chi connectivity index (χ4n) is 5.04. The molecule has 2 N–H and O–H groups in total. The summed E-state index contributed by atoms with van der Waals surface area (Å²) in [5.74, 6) is -0.665. The Bertz CT molecular complexity index is 1230. The zero-order chi connectivity index (χ0) is 25.3. The van der Waals surface area contributed by atoms with E-state index in [4.69, 9.17) is 11.6 Å². The summed E-state index contributed by atoms with van der Waals surface area (Å²) >= 11 is 6.06. The lowest BCUT2D eigenvalue weighted by molar-refractivity contribution is -0.120. The molecule has 0 saturated carbocycles. The van der Waals surface area contributed by atoms with Gasteiger partial charge in [-0.25, -0.2) is 8.42 Å². The Hall–Kier alpha value is -2.36. The molecule has 0 spiro atoms. The first-order valence-corrected chi connectivity index (χ1v) is 14.0. The number of H-pyrrole nitrogens is 1. The number of piperidine rings is 2. The number of rotatable bonds is 5.